The van der Waals surface area contributed by atoms with Gasteiger partial charge >= 0.3 is 0 Å². The molecule has 0 fully saturated rings. The van der Waals surface area contributed by atoms with E-state index in [1.54, 1.807) is 0 Å². The Morgan fingerprint density at radius 3 is 1.57 bits per heavy atom. The fourth-order valence-corrected chi connectivity index (χ4v) is 14.6. The zero-order valence-electron chi connectivity index (χ0n) is 40.3. The number of aromatic nitrogens is 1. The molecule has 2 nitrogen and oxygen atoms in total. The van der Waals surface area contributed by atoms with Crippen LogP contribution in [0.1, 0.15) is 44.5 Å². The Bertz CT molecular complexity index is 4530. The largest absolute Gasteiger partial charge is 0.310 e. The van der Waals surface area contributed by atoms with Crippen molar-refractivity contribution in [2.75, 3.05) is 4.90 Å². The minimum absolute atomic E-state index is 0.426. The normalized spacial score (nSPS) is 15.5. The fraction of sp³-hybridized carbons (Fsp3) is 0.0278. The van der Waals surface area contributed by atoms with Gasteiger partial charge in [-0.05, 0) is 149 Å². The van der Waals surface area contributed by atoms with E-state index in [2.05, 4.69) is 276 Å². The fourth-order valence-electron chi connectivity index (χ4n) is 14.6. The van der Waals surface area contributed by atoms with Crippen LogP contribution >= 0.6 is 0 Å². The first-order valence-electron chi connectivity index (χ1n) is 25.9. The second-order valence-corrected chi connectivity index (χ2v) is 20.6. The van der Waals surface area contributed by atoms with E-state index in [1.807, 2.05) is 0 Å². The summed E-state index contributed by atoms with van der Waals surface area (Å²) in [4.78, 5) is 2.48. The van der Waals surface area contributed by atoms with Crippen LogP contribution in [-0.2, 0) is 10.8 Å². The van der Waals surface area contributed by atoms with Crippen LogP contribution in [-0.4, -0.2) is 4.57 Å². The van der Waals surface area contributed by atoms with Crippen molar-refractivity contribution in [3.63, 3.8) is 0 Å². The maximum absolute atomic E-state index is 2.52. The maximum Gasteiger partial charge on any atom is 0.0754 e. The molecule has 1 aliphatic heterocycles. The third-order valence-corrected chi connectivity index (χ3v) is 17.4. The van der Waals surface area contributed by atoms with Crippen LogP contribution in [0.3, 0.4) is 0 Å². The van der Waals surface area contributed by atoms with Gasteiger partial charge in [0, 0.05) is 27.7 Å². The second-order valence-electron chi connectivity index (χ2n) is 20.6. The van der Waals surface area contributed by atoms with Crippen molar-refractivity contribution in [2.24, 2.45) is 0 Å². The van der Waals surface area contributed by atoms with Gasteiger partial charge in [-0.25, -0.2) is 0 Å². The highest BCUT2D eigenvalue weighted by Crippen LogP contribution is 2.65. The minimum Gasteiger partial charge on any atom is -0.310 e. The number of hydrogen-bond acceptors (Lipinski definition) is 1. The molecule has 13 aromatic rings. The van der Waals surface area contributed by atoms with Crippen molar-refractivity contribution >= 4 is 49.6 Å². The second kappa shape index (κ2) is 14.6. The highest BCUT2D eigenvalue weighted by Gasteiger charge is 2.53. The van der Waals surface area contributed by atoms with Gasteiger partial charge in [0.1, 0.15) is 0 Å². The summed E-state index contributed by atoms with van der Waals surface area (Å²) in [6.07, 6.45) is 0. The van der Waals surface area contributed by atoms with Crippen LogP contribution in [0.5, 0.6) is 0 Å². The lowest BCUT2D eigenvalue weighted by atomic mass is 9.65. The molecule has 17 rings (SSSR count). The molecule has 0 saturated heterocycles. The molecule has 0 bridgehead atoms. The number of nitrogens with zero attached hydrogens (tertiary/aromatic N) is 2. The molecule has 0 amide bonds. The molecule has 1 atom stereocenters. The van der Waals surface area contributed by atoms with Crippen molar-refractivity contribution in [1.29, 1.82) is 0 Å². The molecule has 0 saturated carbocycles. The number of para-hydroxylation sites is 4. The van der Waals surface area contributed by atoms with E-state index < -0.39 is 10.8 Å². The van der Waals surface area contributed by atoms with E-state index in [-0.39, 0.29) is 0 Å². The Labute approximate surface area is 429 Å². The Kier molecular flexibility index (Phi) is 7.90. The van der Waals surface area contributed by atoms with E-state index in [0.29, 0.717) is 0 Å². The molecule has 12 aromatic carbocycles. The Balaban J connectivity index is 0.830. The average Bonchev–Trinajstić information content (AvgIpc) is 4.34. The summed E-state index contributed by atoms with van der Waals surface area (Å²) in [5.74, 6) is 0. The molecule has 342 valence electrons. The van der Waals surface area contributed by atoms with Gasteiger partial charge in [-0.3, -0.25) is 0 Å². The van der Waals surface area contributed by atoms with E-state index in [1.165, 1.54) is 133 Å². The van der Waals surface area contributed by atoms with Crippen molar-refractivity contribution in [3.05, 3.63) is 311 Å². The van der Waals surface area contributed by atoms with Gasteiger partial charge in [0.2, 0.25) is 0 Å². The zero-order chi connectivity index (χ0) is 48.3. The molecule has 1 unspecified atom stereocenters. The standard InChI is InChI=1S/C72H44N2/c1-2-18-49(19-3-1)73(68-35-17-31-63-69(68)57-24-7-12-29-61(57)71(63)58-26-9-4-20-51(58)52-21-5-10-27-59(52)71)50-40-38-46-42-45(36-37-47(46)43-50)48-39-41-54-53-22-6-11-28-60(53)72(65(54)44-48)62-30-13-15-34-67(62)74-66-33-14-8-23-55(66)56-25-16-32-64(72)70(56)74/h1-44H. The van der Waals surface area contributed by atoms with Gasteiger partial charge in [-0.15, -0.1) is 0 Å². The maximum atomic E-state index is 2.52. The van der Waals surface area contributed by atoms with E-state index in [0.717, 1.165) is 11.4 Å². The molecule has 2 heterocycles. The third-order valence-electron chi connectivity index (χ3n) is 17.4. The van der Waals surface area contributed by atoms with E-state index >= 15 is 0 Å². The topological polar surface area (TPSA) is 8.17 Å². The lowest BCUT2D eigenvalue weighted by Crippen LogP contribution is -2.33. The van der Waals surface area contributed by atoms with Gasteiger partial charge in [0.25, 0.3) is 0 Å². The number of hydrogen-bond donors (Lipinski definition) is 0. The molecule has 3 aliphatic carbocycles. The van der Waals surface area contributed by atoms with Crippen LogP contribution in [0.25, 0.3) is 82.8 Å². The third kappa shape index (κ3) is 4.91. The number of rotatable bonds is 4. The van der Waals surface area contributed by atoms with Crippen molar-refractivity contribution in [3.8, 4) is 50.2 Å². The van der Waals surface area contributed by atoms with Crippen molar-refractivity contribution < 1.29 is 0 Å². The summed E-state index contributed by atoms with van der Waals surface area (Å²) in [5, 5.41) is 4.98. The number of anilines is 3. The van der Waals surface area contributed by atoms with Gasteiger partial charge in [0.05, 0.1) is 33.2 Å². The molecule has 0 N–H and O–H groups in total. The molecule has 1 aromatic heterocycles. The van der Waals surface area contributed by atoms with Crippen LogP contribution < -0.4 is 4.90 Å². The molecule has 0 radical (unpaired) electrons. The highest BCUT2D eigenvalue weighted by atomic mass is 15.1. The molecular weight excluding hydrogens is 893 g/mol. The van der Waals surface area contributed by atoms with Gasteiger partial charge in [-0.2, -0.15) is 0 Å². The predicted molar refractivity (Wildman–Crippen MR) is 306 cm³/mol. The SMILES string of the molecule is c1ccc(N(c2ccc3cc(-c4ccc5c(c4)C4(c6ccccc6-5)c5ccccc5-n5c6ccccc6c6cccc4c65)ccc3c2)c2cccc3c2-c2ccccc2C32c3ccccc3-c3ccccc32)cc1. The van der Waals surface area contributed by atoms with Crippen LogP contribution in [0, 0.1) is 0 Å². The highest BCUT2D eigenvalue weighted by molar-refractivity contribution is 6.13. The molecular formula is C72H44N2. The van der Waals surface area contributed by atoms with Gasteiger partial charge < -0.3 is 9.47 Å². The first kappa shape index (κ1) is 40.1. The number of fused-ring (bicyclic) bond motifs is 23. The summed E-state index contributed by atoms with van der Waals surface area (Å²) >= 11 is 0. The smallest absolute Gasteiger partial charge is 0.0754 e. The quantitative estimate of drug-likeness (QED) is 0.171. The predicted octanol–water partition coefficient (Wildman–Crippen LogP) is 18.1. The van der Waals surface area contributed by atoms with Gasteiger partial charge in [0.15, 0.2) is 0 Å². The summed E-state index contributed by atoms with van der Waals surface area (Å²) < 4.78 is 2.52. The lowest BCUT2D eigenvalue weighted by molar-refractivity contribution is 0.749. The zero-order valence-corrected chi connectivity index (χ0v) is 40.3. The average molecular weight is 937 g/mol. The first-order valence-corrected chi connectivity index (χ1v) is 25.9. The van der Waals surface area contributed by atoms with E-state index in [4.69, 9.17) is 0 Å². The van der Waals surface area contributed by atoms with Crippen LogP contribution in [0.4, 0.5) is 17.1 Å². The van der Waals surface area contributed by atoms with Gasteiger partial charge in [-0.1, -0.05) is 212 Å². The minimum atomic E-state index is -0.503. The molecule has 74 heavy (non-hydrogen) atoms. The van der Waals surface area contributed by atoms with Crippen LogP contribution in [0.2, 0.25) is 0 Å². The molecule has 2 heteroatoms. The lowest BCUT2D eigenvalue weighted by Gasteiger charge is -2.39. The Morgan fingerprint density at radius 2 is 0.811 bits per heavy atom. The first-order chi connectivity index (χ1) is 36.7. The molecule has 2 spiro atoms. The Morgan fingerprint density at radius 1 is 0.297 bits per heavy atom. The molecule has 4 aliphatic rings. The van der Waals surface area contributed by atoms with Crippen molar-refractivity contribution in [2.45, 2.75) is 10.8 Å². The van der Waals surface area contributed by atoms with Crippen molar-refractivity contribution in [1.82, 2.24) is 4.57 Å². The summed E-state index contributed by atoms with van der Waals surface area (Å²) in [6, 6.07) is 101. The van der Waals surface area contributed by atoms with Crippen LogP contribution in [0.15, 0.2) is 267 Å². The summed E-state index contributed by atoms with van der Waals surface area (Å²) in [6.45, 7) is 0. The summed E-state index contributed by atoms with van der Waals surface area (Å²) in [5.41, 5.74) is 27.2. The number of benzene rings is 12. The summed E-state index contributed by atoms with van der Waals surface area (Å²) in [7, 11) is 0. The van der Waals surface area contributed by atoms with E-state index in [9.17, 15) is 0 Å². The Hall–Kier alpha value is -9.50. The monoisotopic (exact) mass is 936 g/mol.